The van der Waals surface area contributed by atoms with Crippen LogP contribution in [0.5, 0.6) is 0 Å². The summed E-state index contributed by atoms with van der Waals surface area (Å²) in [5.41, 5.74) is 0.712. The monoisotopic (exact) mass is 398 g/mol. The van der Waals surface area contributed by atoms with Gasteiger partial charge in [0.05, 0.1) is 0 Å². The van der Waals surface area contributed by atoms with E-state index < -0.39 is 36.0 Å². The van der Waals surface area contributed by atoms with E-state index in [0.29, 0.717) is 6.42 Å². The lowest BCUT2D eigenvalue weighted by molar-refractivity contribution is -0.135. The van der Waals surface area contributed by atoms with Gasteiger partial charge in [-0.25, -0.2) is 9.59 Å². The Balaban J connectivity index is 1.41. The standard InChI is InChI=1S/C21H26N4O4/c26-17(23-19(28)22-15-9-2-1-3-10-15)13-25-18(27)21(24-20(25)29)12-6-8-14-7-4-5-11-16(14)21/h4-5,7,11,15H,1-3,6,8-10,12-13H2,(H,24,29)(H2,22,23,26,28)/t21-/m0/s1. The summed E-state index contributed by atoms with van der Waals surface area (Å²) in [5, 5.41) is 7.84. The normalized spacial score (nSPS) is 24.2. The molecule has 1 spiro atoms. The number of rotatable bonds is 3. The summed E-state index contributed by atoms with van der Waals surface area (Å²) < 4.78 is 0. The fourth-order valence-corrected chi connectivity index (χ4v) is 4.73. The molecule has 0 unspecified atom stereocenters. The third-order valence-electron chi connectivity index (χ3n) is 6.15. The highest BCUT2D eigenvalue weighted by Gasteiger charge is 2.54. The molecule has 2 fully saturated rings. The quantitative estimate of drug-likeness (QED) is 0.676. The van der Waals surface area contributed by atoms with E-state index in [9.17, 15) is 19.2 Å². The van der Waals surface area contributed by atoms with Crippen molar-refractivity contribution in [3.8, 4) is 0 Å². The molecule has 1 saturated heterocycles. The highest BCUT2D eigenvalue weighted by Crippen LogP contribution is 2.39. The van der Waals surface area contributed by atoms with Crippen LogP contribution in [0.2, 0.25) is 0 Å². The molecule has 1 saturated carbocycles. The minimum Gasteiger partial charge on any atom is -0.335 e. The molecule has 1 aromatic rings. The molecule has 1 aromatic carbocycles. The van der Waals surface area contributed by atoms with E-state index in [1.165, 1.54) is 0 Å². The largest absolute Gasteiger partial charge is 0.335 e. The molecule has 4 rings (SSSR count). The average molecular weight is 398 g/mol. The van der Waals surface area contributed by atoms with Crippen LogP contribution in [-0.2, 0) is 21.5 Å². The van der Waals surface area contributed by atoms with Crippen LogP contribution in [0.25, 0.3) is 0 Å². The van der Waals surface area contributed by atoms with Gasteiger partial charge in [-0.3, -0.25) is 19.8 Å². The number of carbonyl (C=O) groups is 4. The van der Waals surface area contributed by atoms with Gasteiger partial charge >= 0.3 is 12.1 Å². The van der Waals surface area contributed by atoms with Crippen LogP contribution < -0.4 is 16.0 Å². The minimum atomic E-state index is -1.11. The van der Waals surface area contributed by atoms with Gasteiger partial charge in [0.2, 0.25) is 5.91 Å². The lowest BCUT2D eigenvalue weighted by Gasteiger charge is -2.33. The van der Waals surface area contributed by atoms with Gasteiger partial charge < -0.3 is 10.6 Å². The fourth-order valence-electron chi connectivity index (χ4n) is 4.73. The maximum Gasteiger partial charge on any atom is 0.325 e. The van der Waals surface area contributed by atoms with Crippen molar-refractivity contribution in [3.63, 3.8) is 0 Å². The van der Waals surface area contributed by atoms with Gasteiger partial charge in [0, 0.05) is 6.04 Å². The second kappa shape index (κ2) is 7.85. The number of carbonyl (C=O) groups excluding carboxylic acids is 4. The summed E-state index contributed by atoms with van der Waals surface area (Å²) in [5.74, 6) is -1.11. The smallest absolute Gasteiger partial charge is 0.325 e. The van der Waals surface area contributed by atoms with Crippen LogP contribution in [0.15, 0.2) is 24.3 Å². The van der Waals surface area contributed by atoms with Crippen molar-refractivity contribution in [2.75, 3.05) is 6.54 Å². The van der Waals surface area contributed by atoms with Crippen molar-refractivity contribution in [3.05, 3.63) is 35.4 Å². The van der Waals surface area contributed by atoms with Crippen molar-refractivity contribution in [2.24, 2.45) is 0 Å². The van der Waals surface area contributed by atoms with E-state index >= 15 is 0 Å². The zero-order valence-corrected chi connectivity index (χ0v) is 16.3. The Labute approximate surface area is 169 Å². The van der Waals surface area contributed by atoms with Crippen LogP contribution in [0.1, 0.15) is 56.1 Å². The summed E-state index contributed by atoms with van der Waals surface area (Å²) in [6, 6.07) is 6.46. The van der Waals surface area contributed by atoms with Gasteiger partial charge in [0.1, 0.15) is 12.1 Å². The highest BCUT2D eigenvalue weighted by molar-refractivity contribution is 6.10. The number of nitrogens with zero attached hydrogens (tertiary/aromatic N) is 1. The number of hydrogen-bond acceptors (Lipinski definition) is 4. The number of hydrogen-bond donors (Lipinski definition) is 3. The molecule has 1 aliphatic heterocycles. The van der Waals surface area contributed by atoms with Crippen LogP contribution in [0, 0.1) is 0 Å². The van der Waals surface area contributed by atoms with Crippen molar-refractivity contribution < 1.29 is 19.2 Å². The van der Waals surface area contributed by atoms with Gasteiger partial charge in [-0.05, 0) is 43.2 Å². The topological polar surface area (TPSA) is 108 Å². The molecule has 1 atom stereocenters. The van der Waals surface area contributed by atoms with E-state index in [-0.39, 0.29) is 6.04 Å². The molecular formula is C21H26N4O4. The van der Waals surface area contributed by atoms with Crippen LogP contribution in [-0.4, -0.2) is 41.4 Å². The third-order valence-corrected chi connectivity index (χ3v) is 6.15. The van der Waals surface area contributed by atoms with Crippen LogP contribution in [0.3, 0.4) is 0 Å². The second-order valence-electron chi connectivity index (χ2n) is 8.09. The molecule has 154 valence electrons. The Kier molecular flexibility index (Phi) is 5.25. The number of amides is 6. The minimum absolute atomic E-state index is 0.0651. The lowest BCUT2D eigenvalue weighted by atomic mass is 9.76. The van der Waals surface area contributed by atoms with Gasteiger partial charge in [-0.2, -0.15) is 0 Å². The molecule has 29 heavy (non-hydrogen) atoms. The van der Waals surface area contributed by atoms with Crippen molar-refractivity contribution in [1.29, 1.82) is 0 Å². The molecule has 0 aromatic heterocycles. The predicted octanol–water partition coefficient (Wildman–Crippen LogP) is 1.93. The molecule has 6 amide bonds. The van der Waals surface area contributed by atoms with E-state index in [4.69, 9.17) is 0 Å². The third kappa shape index (κ3) is 3.71. The molecular weight excluding hydrogens is 372 g/mol. The first-order valence-corrected chi connectivity index (χ1v) is 10.3. The Morgan fingerprint density at radius 1 is 1.10 bits per heavy atom. The molecule has 8 nitrogen and oxygen atoms in total. The van der Waals surface area contributed by atoms with E-state index in [2.05, 4.69) is 16.0 Å². The maximum absolute atomic E-state index is 13.2. The Morgan fingerprint density at radius 2 is 1.86 bits per heavy atom. The summed E-state index contributed by atoms with van der Waals surface area (Å²) in [7, 11) is 0. The van der Waals surface area contributed by atoms with E-state index in [0.717, 1.165) is 61.0 Å². The number of benzene rings is 1. The molecule has 2 aliphatic carbocycles. The first-order chi connectivity index (χ1) is 14.0. The molecule has 8 heteroatoms. The fraction of sp³-hybridized carbons (Fsp3) is 0.524. The Hall–Kier alpha value is -2.90. The number of aryl methyl sites for hydroxylation is 1. The lowest BCUT2D eigenvalue weighted by Crippen LogP contribution is -2.50. The van der Waals surface area contributed by atoms with E-state index in [1.807, 2.05) is 24.3 Å². The number of fused-ring (bicyclic) bond motifs is 2. The van der Waals surface area contributed by atoms with Gasteiger partial charge in [0.25, 0.3) is 5.91 Å². The molecule has 0 bridgehead atoms. The SMILES string of the molecule is O=C(CN1C(=O)N[C@]2(CCCc3ccccc32)C1=O)NC(=O)NC1CCCCC1. The maximum atomic E-state index is 13.2. The van der Waals surface area contributed by atoms with Gasteiger partial charge in [0.15, 0.2) is 0 Å². The highest BCUT2D eigenvalue weighted by atomic mass is 16.2. The zero-order chi connectivity index (χ0) is 20.4. The van der Waals surface area contributed by atoms with Crippen LogP contribution >= 0.6 is 0 Å². The molecule has 3 N–H and O–H groups in total. The summed E-state index contributed by atoms with van der Waals surface area (Å²) in [4.78, 5) is 51.0. The van der Waals surface area contributed by atoms with Crippen LogP contribution in [0.4, 0.5) is 9.59 Å². The number of urea groups is 2. The average Bonchev–Trinajstić information content (AvgIpc) is 2.94. The zero-order valence-electron chi connectivity index (χ0n) is 16.3. The first kappa shape index (κ1) is 19.4. The summed E-state index contributed by atoms with van der Waals surface area (Å²) in [6.07, 6.45) is 7.20. The van der Waals surface area contributed by atoms with Crippen molar-refractivity contribution in [1.82, 2.24) is 20.9 Å². The summed E-state index contributed by atoms with van der Waals surface area (Å²) in [6.45, 7) is -0.479. The van der Waals surface area contributed by atoms with Crippen molar-refractivity contribution >= 4 is 23.9 Å². The van der Waals surface area contributed by atoms with Gasteiger partial charge in [-0.15, -0.1) is 0 Å². The Morgan fingerprint density at radius 3 is 2.66 bits per heavy atom. The molecule has 3 aliphatic rings. The molecule has 0 radical (unpaired) electrons. The van der Waals surface area contributed by atoms with Crippen molar-refractivity contribution in [2.45, 2.75) is 62.9 Å². The second-order valence-corrected chi connectivity index (χ2v) is 8.09. The van der Waals surface area contributed by atoms with Gasteiger partial charge in [-0.1, -0.05) is 43.5 Å². The Bertz CT molecular complexity index is 849. The summed E-state index contributed by atoms with van der Waals surface area (Å²) >= 11 is 0. The first-order valence-electron chi connectivity index (χ1n) is 10.3. The number of nitrogens with one attached hydrogen (secondary N) is 3. The number of imide groups is 2. The van der Waals surface area contributed by atoms with E-state index in [1.54, 1.807) is 0 Å². The predicted molar refractivity (Wildman–Crippen MR) is 105 cm³/mol. The molecule has 1 heterocycles.